The highest BCUT2D eigenvalue weighted by Gasteiger charge is 2.21. The van der Waals surface area contributed by atoms with Gasteiger partial charge >= 0.3 is 0 Å². The van der Waals surface area contributed by atoms with Gasteiger partial charge < -0.3 is 9.52 Å². The van der Waals surface area contributed by atoms with Crippen LogP contribution in [0.1, 0.15) is 24.3 Å². The number of oxazole rings is 1. The first-order valence-corrected chi connectivity index (χ1v) is 7.34. The van der Waals surface area contributed by atoms with Gasteiger partial charge in [-0.2, -0.15) is 0 Å². The van der Waals surface area contributed by atoms with Crippen LogP contribution in [0.5, 0.6) is 0 Å². The number of rotatable bonds is 3. The second-order valence-electron chi connectivity index (χ2n) is 5.71. The molecule has 2 heterocycles. The van der Waals surface area contributed by atoms with Gasteiger partial charge in [-0.3, -0.25) is 4.90 Å². The van der Waals surface area contributed by atoms with E-state index in [-0.39, 0.29) is 17.6 Å². The maximum Gasteiger partial charge on any atom is 0.226 e. The van der Waals surface area contributed by atoms with Gasteiger partial charge in [-0.1, -0.05) is 0 Å². The van der Waals surface area contributed by atoms with Crippen molar-refractivity contribution < 1.29 is 18.3 Å². The molecule has 0 bridgehead atoms. The molecule has 1 aliphatic rings. The first-order valence-electron chi connectivity index (χ1n) is 7.34. The number of halogens is 2. The van der Waals surface area contributed by atoms with Crippen LogP contribution < -0.4 is 0 Å². The van der Waals surface area contributed by atoms with Gasteiger partial charge in [0.25, 0.3) is 0 Å². The standard InChI is InChI=1S/C16H18F2N2O2/c1-10-15(9-20-4-2-3-14(21)8-20)19-16(22-10)11-5-12(17)7-13(18)6-11/h5-7,14,21H,2-4,8-9H2,1H3. The number of hydrogen-bond donors (Lipinski definition) is 1. The van der Waals surface area contributed by atoms with E-state index in [4.69, 9.17) is 4.42 Å². The fraction of sp³-hybridized carbons (Fsp3) is 0.438. The molecule has 4 nitrogen and oxygen atoms in total. The molecule has 0 spiro atoms. The number of piperidine rings is 1. The first kappa shape index (κ1) is 15.1. The molecule has 1 atom stereocenters. The summed E-state index contributed by atoms with van der Waals surface area (Å²) in [7, 11) is 0. The van der Waals surface area contributed by atoms with Gasteiger partial charge in [-0.25, -0.2) is 13.8 Å². The lowest BCUT2D eigenvalue weighted by Crippen LogP contribution is -2.37. The zero-order valence-corrected chi connectivity index (χ0v) is 12.4. The van der Waals surface area contributed by atoms with E-state index in [1.807, 2.05) is 0 Å². The molecule has 0 saturated carbocycles. The topological polar surface area (TPSA) is 49.5 Å². The number of β-amino-alcohol motifs (C(OH)–C–C–N with tert-alkyl or cyclic N) is 1. The Bertz CT molecular complexity index is 652. The molecular formula is C16H18F2N2O2. The summed E-state index contributed by atoms with van der Waals surface area (Å²) in [6, 6.07) is 3.21. The van der Waals surface area contributed by atoms with Gasteiger partial charge in [0, 0.05) is 24.7 Å². The van der Waals surface area contributed by atoms with E-state index in [0.29, 0.717) is 18.8 Å². The van der Waals surface area contributed by atoms with Crippen LogP contribution >= 0.6 is 0 Å². The second-order valence-corrected chi connectivity index (χ2v) is 5.71. The third kappa shape index (κ3) is 3.34. The molecule has 6 heteroatoms. The van der Waals surface area contributed by atoms with Crippen molar-refractivity contribution in [1.82, 2.24) is 9.88 Å². The molecule has 1 N–H and O–H groups in total. The van der Waals surface area contributed by atoms with E-state index in [0.717, 1.165) is 31.1 Å². The summed E-state index contributed by atoms with van der Waals surface area (Å²) >= 11 is 0. The van der Waals surface area contributed by atoms with Crippen molar-refractivity contribution in [1.29, 1.82) is 0 Å². The van der Waals surface area contributed by atoms with E-state index in [1.165, 1.54) is 12.1 Å². The minimum absolute atomic E-state index is 0.212. The van der Waals surface area contributed by atoms with Crippen molar-refractivity contribution in [2.45, 2.75) is 32.4 Å². The normalized spacial score (nSPS) is 19.5. The largest absolute Gasteiger partial charge is 0.441 e. The van der Waals surface area contributed by atoms with E-state index in [1.54, 1.807) is 6.92 Å². The van der Waals surface area contributed by atoms with Crippen LogP contribution in [0.4, 0.5) is 8.78 Å². The SMILES string of the molecule is Cc1oc(-c2cc(F)cc(F)c2)nc1CN1CCCC(O)C1. The molecule has 1 aliphatic heterocycles. The Morgan fingerprint density at radius 2 is 2.05 bits per heavy atom. The predicted molar refractivity (Wildman–Crippen MR) is 77.1 cm³/mol. The molecule has 118 valence electrons. The van der Waals surface area contributed by atoms with Crippen molar-refractivity contribution >= 4 is 0 Å². The second kappa shape index (κ2) is 6.14. The Labute approximate surface area is 127 Å². The summed E-state index contributed by atoms with van der Waals surface area (Å²) in [6.45, 7) is 3.84. The molecular weight excluding hydrogens is 290 g/mol. The summed E-state index contributed by atoms with van der Waals surface area (Å²) in [5.74, 6) is -0.485. The van der Waals surface area contributed by atoms with Gasteiger partial charge in [0.2, 0.25) is 5.89 Å². The van der Waals surface area contributed by atoms with Crippen molar-refractivity contribution in [3.8, 4) is 11.5 Å². The lowest BCUT2D eigenvalue weighted by molar-refractivity contribution is 0.0660. The average Bonchev–Trinajstić information content (AvgIpc) is 2.79. The van der Waals surface area contributed by atoms with Gasteiger partial charge in [0.15, 0.2) is 0 Å². The van der Waals surface area contributed by atoms with Crippen LogP contribution in [-0.2, 0) is 6.54 Å². The number of nitrogens with zero attached hydrogens (tertiary/aromatic N) is 2. The fourth-order valence-electron chi connectivity index (χ4n) is 2.76. The lowest BCUT2D eigenvalue weighted by Gasteiger charge is -2.29. The molecule has 1 unspecified atom stereocenters. The van der Waals surface area contributed by atoms with Gasteiger partial charge in [0.1, 0.15) is 17.4 Å². The smallest absolute Gasteiger partial charge is 0.226 e. The average molecular weight is 308 g/mol. The number of aliphatic hydroxyl groups excluding tert-OH is 1. The highest BCUT2D eigenvalue weighted by molar-refractivity contribution is 5.53. The quantitative estimate of drug-likeness (QED) is 0.947. The molecule has 0 amide bonds. The molecule has 1 aromatic heterocycles. The Hall–Kier alpha value is -1.79. The summed E-state index contributed by atoms with van der Waals surface area (Å²) in [5, 5.41) is 9.70. The van der Waals surface area contributed by atoms with Crippen LogP contribution in [0.25, 0.3) is 11.5 Å². The highest BCUT2D eigenvalue weighted by Crippen LogP contribution is 2.25. The van der Waals surface area contributed by atoms with Crippen LogP contribution in [0.2, 0.25) is 0 Å². The lowest BCUT2D eigenvalue weighted by atomic mass is 10.1. The summed E-state index contributed by atoms with van der Waals surface area (Å²) in [4.78, 5) is 6.46. The number of likely N-dealkylation sites (tertiary alicyclic amines) is 1. The summed E-state index contributed by atoms with van der Waals surface area (Å²) in [6.07, 6.45) is 1.46. The number of aryl methyl sites for hydroxylation is 1. The first-order chi connectivity index (χ1) is 10.5. The van der Waals surface area contributed by atoms with E-state index >= 15 is 0 Å². The maximum atomic E-state index is 13.3. The predicted octanol–water partition coefficient (Wildman–Crippen LogP) is 2.88. The number of benzene rings is 1. The monoisotopic (exact) mass is 308 g/mol. The van der Waals surface area contributed by atoms with Crippen LogP contribution in [0, 0.1) is 18.6 Å². The molecule has 3 rings (SSSR count). The molecule has 1 fully saturated rings. The molecule has 0 radical (unpaired) electrons. The molecule has 2 aromatic rings. The van der Waals surface area contributed by atoms with E-state index in [9.17, 15) is 13.9 Å². The zero-order valence-electron chi connectivity index (χ0n) is 12.4. The van der Waals surface area contributed by atoms with Crippen molar-refractivity contribution in [3.05, 3.63) is 41.3 Å². The minimum atomic E-state index is -0.661. The van der Waals surface area contributed by atoms with Crippen molar-refractivity contribution in [3.63, 3.8) is 0 Å². The Morgan fingerprint density at radius 3 is 2.73 bits per heavy atom. The number of hydrogen-bond acceptors (Lipinski definition) is 4. The third-order valence-corrected chi connectivity index (χ3v) is 3.86. The van der Waals surface area contributed by atoms with Crippen LogP contribution in [-0.4, -0.2) is 34.2 Å². The highest BCUT2D eigenvalue weighted by atomic mass is 19.1. The third-order valence-electron chi connectivity index (χ3n) is 3.86. The molecule has 22 heavy (non-hydrogen) atoms. The number of aliphatic hydroxyl groups is 1. The summed E-state index contributed by atoms with van der Waals surface area (Å²) < 4.78 is 32.1. The van der Waals surface area contributed by atoms with Gasteiger partial charge in [-0.05, 0) is 38.4 Å². The molecule has 1 aromatic carbocycles. The Balaban J connectivity index is 1.81. The van der Waals surface area contributed by atoms with Crippen molar-refractivity contribution in [2.75, 3.05) is 13.1 Å². The molecule has 0 aliphatic carbocycles. The summed E-state index contributed by atoms with van der Waals surface area (Å²) in [5.41, 5.74) is 1.01. The number of aromatic nitrogens is 1. The minimum Gasteiger partial charge on any atom is -0.441 e. The van der Waals surface area contributed by atoms with Gasteiger partial charge in [-0.15, -0.1) is 0 Å². The maximum absolute atomic E-state index is 13.3. The van der Waals surface area contributed by atoms with E-state index < -0.39 is 11.6 Å². The van der Waals surface area contributed by atoms with E-state index in [2.05, 4.69) is 9.88 Å². The molecule has 1 saturated heterocycles. The Kier molecular flexibility index (Phi) is 4.22. The van der Waals surface area contributed by atoms with Crippen molar-refractivity contribution in [2.24, 2.45) is 0 Å². The van der Waals surface area contributed by atoms with Gasteiger partial charge in [0.05, 0.1) is 11.8 Å². The zero-order chi connectivity index (χ0) is 15.7. The van der Waals surface area contributed by atoms with Crippen LogP contribution in [0.3, 0.4) is 0 Å². The van der Waals surface area contributed by atoms with Crippen LogP contribution in [0.15, 0.2) is 22.6 Å². The fourth-order valence-corrected chi connectivity index (χ4v) is 2.76. The Morgan fingerprint density at radius 1 is 1.32 bits per heavy atom.